The van der Waals surface area contributed by atoms with Gasteiger partial charge >= 0.3 is 5.97 Å². The minimum Gasteiger partial charge on any atom is -1.00 e. The smallest absolute Gasteiger partial charge is 0.344 e. The molecule has 0 aliphatic rings. The molecule has 9 heteroatoms. The Labute approximate surface area is 160 Å². The van der Waals surface area contributed by atoms with Gasteiger partial charge in [0.05, 0.1) is 10.5 Å². The molecule has 0 saturated carbocycles. The van der Waals surface area contributed by atoms with Crippen LogP contribution in [0.1, 0.15) is 28.9 Å². The van der Waals surface area contributed by atoms with Gasteiger partial charge in [0.25, 0.3) is 11.6 Å². The molecule has 1 amide bonds. The van der Waals surface area contributed by atoms with Gasteiger partial charge in [0, 0.05) is 12.1 Å². The van der Waals surface area contributed by atoms with Gasteiger partial charge in [-0.2, -0.15) is 4.57 Å². The highest BCUT2D eigenvalue weighted by molar-refractivity contribution is 5.88. The van der Waals surface area contributed by atoms with Crippen LogP contribution >= 0.6 is 0 Å². The molecule has 1 unspecified atom stereocenters. The Balaban J connectivity index is 0.00000312. The normalized spacial score (nSPS) is 11.1. The number of benzene rings is 1. The Kier molecular flexibility index (Phi) is 7.43. The fraction of sp³-hybridized carbons (Fsp3) is 0.188. The maximum Gasteiger partial charge on any atom is 0.344 e. The van der Waals surface area contributed by atoms with E-state index in [1.54, 1.807) is 31.3 Å². The zero-order valence-corrected chi connectivity index (χ0v) is 15.5. The van der Waals surface area contributed by atoms with E-state index in [0.717, 1.165) is 0 Å². The van der Waals surface area contributed by atoms with Gasteiger partial charge in [-0.25, -0.2) is 4.79 Å². The lowest BCUT2D eigenvalue weighted by molar-refractivity contribution is -0.684. The van der Waals surface area contributed by atoms with Gasteiger partial charge in [0.15, 0.2) is 12.4 Å². The van der Waals surface area contributed by atoms with Crippen LogP contribution in [0.25, 0.3) is 0 Å². The van der Waals surface area contributed by atoms with Crippen molar-refractivity contribution in [1.82, 2.24) is 0 Å². The van der Waals surface area contributed by atoms with Crippen LogP contribution in [0.5, 0.6) is 0 Å². The first-order chi connectivity index (χ1) is 11.4. The summed E-state index contributed by atoms with van der Waals surface area (Å²) < 4.78 is 6.75. The molecule has 0 aliphatic heterocycles. The maximum absolute atomic E-state index is 12.2. The second kappa shape index (κ2) is 9.06. The molecule has 0 aliphatic carbocycles. The first-order valence-corrected chi connectivity index (χ1v) is 7.10. The Morgan fingerprint density at radius 3 is 2.60 bits per heavy atom. The van der Waals surface area contributed by atoms with E-state index in [1.807, 2.05) is 0 Å². The second-order valence-corrected chi connectivity index (χ2v) is 5.09. The van der Waals surface area contributed by atoms with Crippen LogP contribution in [-0.2, 0) is 16.1 Å². The Morgan fingerprint density at radius 1 is 1.28 bits per heavy atom. The number of nitrogens with two attached hydrogens (primary N) is 1. The zero-order chi connectivity index (χ0) is 17.7. The molecule has 0 spiro atoms. The predicted octanol–water partition coefficient (Wildman–Crippen LogP) is -1.71. The van der Waals surface area contributed by atoms with Crippen molar-refractivity contribution in [3.63, 3.8) is 0 Å². The number of ether oxygens (including phenoxy) is 1. The molecule has 0 saturated heterocycles. The van der Waals surface area contributed by atoms with Gasteiger partial charge in [-0.05, 0) is 19.1 Å². The number of esters is 1. The van der Waals surface area contributed by atoms with Crippen molar-refractivity contribution < 1.29 is 47.8 Å². The summed E-state index contributed by atoms with van der Waals surface area (Å²) in [5.41, 5.74) is 5.51. The molecule has 1 aromatic carbocycles. The molecule has 1 atom stereocenters. The number of nitro benzene ring substituents is 1. The Morgan fingerprint density at radius 2 is 1.96 bits per heavy atom. The molecule has 1 aromatic heterocycles. The summed E-state index contributed by atoms with van der Waals surface area (Å²) in [6.07, 6.45) is 2.22. The van der Waals surface area contributed by atoms with E-state index in [-0.39, 0.29) is 41.8 Å². The SMILES string of the molecule is CC(OC(=O)c1ccc[n+](CC(N)=O)c1)c1ccccc1[N+](=O)[O-].[I-]. The van der Waals surface area contributed by atoms with E-state index >= 15 is 0 Å². The lowest BCUT2D eigenvalue weighted by Gasteiger charge is -2.13. The van der Waals surface area contributed by atoms with Crippen LogP contribution in [0.4, 0.5) is 5.69 Å². The summed E-state index contributed by atoms with van der Waals surface area (Å²) in [4.78, 5) is 33.7. The predicted molar refractivity (Wildman–Crippen MR) is 82.8 cm³/mol. The quantitative estimate of drug-likeness (QED) is 0.182. The molecule has 0 radical (unpaired) electrons. The highest BCUT2D eigenvalue weighted by atomic mass is 127. The lowest BCUT2D eigenvalue weighted by atomic mass is 10.1. The first-order valence-electron chi connectivity index (χ1n) is 7.10. The van der Waals surface area contributed by atoms with Gasteiger partial charge in [-0.15, -0.1) is 0 Å². The molecule has 8 nitrogen and oxygen atoms in total. The number of hydrogen-bond donors (Lipinski definition) is 1. The standard InChI is InChI=1S/C16H15N3O5.HI/c1-11(13-6-2-3-7-14(13)19(22)23)24-16(21)12-5-4-8-18(9-12)10-15(17)20;/h2-9,11H,10H2,1H3,(H-,17,20);1H. The van der Waals surface area contributed by atoms with Crippen LogP contribution in [0.15, 0.2) is 48.8 Å². The van der Waals surface area contributed by atoms with Gasteiger partial charge in [-0.1, -0.05) is 12.1 Å². The number of primary amides is 1. The Hall–Kier alpha value is -2.56. The molecular formula is C16H16IN3O5. The third kappa shape index (κ3) is 5.48. The summed E-state index contributed by atoms with van der Waals surface area (Å²) in [6, 6.07) is 9.16. The van der Waals surface area contributed by atoms with Crippen molar-refractivity contribution in [3.8, 4) is 0 Å². The van der Waals surface area contributed by atoms with Crippen molar-refractivity contribution in [3.05, 3.63) is 70.0 Å². The molecule has 2 N–H and O–H groups in total. The second-order valence-electron chi connectivity index (χ2n) is 5.09. The molecule has 0 fully saturated rings. The van der Waals surface area contributed by atoms with Crippen molar-refractivity contribution in [2.75, 3.05) is 0 Å². The summed E-state index contributed by atoms with van der Waals surface area (Å²) in [5, 5.41) is 11.0. The van der Waals surface area contributed by atoms with Crippen LogP contribution < -0.4 is 34.3 Å². The average Bonchev–Trinajstić information content (AvgIpc) is 2.54. The van der Waals surface area contributed by atoms with Gasteiger partial charge < -0.3 is 34.4 Å². The van der Waals surface area contributed by atoms with E-state index in [0.29, 0.717) is 5.56 Å². The molecule has 132 valence electrons. The highest BCUT2D eigenvalue weighted by Crippen LogP contribution is 2.27. The number of aromatic nitrogens is 1. The molecule has 2 aromatic rings. The number of rotatable bonds is 6. The Bertz CT molecular complexity index is 797. The molecule has 0 bridgehead atoms. The molecule has 1 heterocycles. The van der Waals surface area contributed by atoms with Crippen LogP contribution in [0.2, 0.25) is 0 Å². The average molecular weight is 457 g/mol. The van der Waals surface area contributed by atoms with Gasteiger partial charge in [-0.3, -0.25) is 14.9 Å². The summed E-state index contributed by atoms with van der Waals surface area (Å²) >= 11 is 0. The zero-order valence-electron chi connectivity index (χ0n) is 13.3. The molecule has 2 rings (SSSR count). The number of nitrogens with zero attached hydrogens (tertiary/aromatic N) is 2. The number of pyridine rings is 1. The summed E-state index contributed by atoms with van der Waals surface area (Å²) in [7, 11) is 0. The third-order valence-electron chi connectivity index (χ3n) is 3.29. The number of halogens is 1. The maximum atomic E-state index is 12.2. The fourth-order valence-electron chi connectivity index (χ4n) is 2.21. The number of amides is 1. The van der Waals surface area contributed by atoms with Crippen molar-refractivity contribution >= 4 is 17.6 Å². The van der Waals surface area contributed by atoms with Gasteiger partial charge in [0.2, 0.25) is 6.54 Å². The van der Waals surface area contributed by atoms with Crippen molar-refractivity contribution in [2.45, 2.75) is 19.6 Å². The van der Waals surface area contributed by atoms with E-state index < -0.39 is 22.9 Å². The van der Waals surface area contributed by atoms with Crippen LogP contribution in [-0.4, -0.2) is 16.8 Å². The van der Waals surface area contributed by atoms with E-state index in [2.05, 4.69) is 0 Å². The number of carbonyl (C=O) groups excluding carboxylic acids is 2. The fourth-order valence-corrected chi connectivity index (χ4v) is 2.21. The van der Waals surface area contributed by atoms with Gasteiger partial charge in [0.1, 0.15) is 11.7 Å². The highest BCUT2D eigenvalue weighted by Gasteiger charge is 2.23. The summed E-state index contributed by atoms with van der Waals surface area (Å²) in [6.45, 7) is 1.49. The topological polar surface area (TPSA) is 116 Å². The number of hydrogen-bond acceptors (Lipinski definition) is 5. The van der Waals surface area contributed by atoms with Crippen LogP contribution in [0, 0.1) is 10.1 Å². The number of para-hydroxylation sites is 1. The van der Waals surface area contributed by atoms with E-state index in [1.165, 1.54) is 29.0 Å². The third-order valence-corrected chi connectivity index (χ3v) is 3.29. The largest absolute Gasteiger partial charge is 1.00 e. The van der Waals surface area contributed by atoms with Crippen molar-refractivity contribution in [1.29, 1.82) is 0 Å². The summed E-state index contributed by atoms with van der Waals surface area (Å²) in [5.74, 6) is -1.20. The minimum atomic E-state index is -0.802. The van der Waals surface area contributed by atoms with Crippen LogP contribution in [0.3, 0.4) is 0 Å². The first kappa shape index (κ1) is 20.5. The lowest BCUT2D eigenvalue weighted by Crippen LogP contribution is -3.00. The molecule has 25 heavy (non-hydrogen) atoms. The van der Waals surface area contributed by atoms with Crippen molar-refractivity contribution in [2.24, 2.45) is 5.73 Å². The minimum absolute atomic E-state index is 0. The number of nitro groups is 1. The molecular weight excluding hydrogens is 441 g/mol. The number of carbonyl (C=O) groups is 2. The monoisotopic (exact) mass is 457 g/mol. The van der Waals surface area contributed by atoms with E-state index in [4.69, 9.17) is 10.5 Å². The van der Waals surface area contributed by atoms with E-state index in [9.17, 15) is 19.7 Å².